The van der Waals surface area contributed by atoms with Crippen molar-refractivity contribution in [2.24, 2.45) is 0 Å². The van der Waals surface area contributed by atoms with E-state index in [9.17, 15) is 0 Å². The molecule has 0 saturated carbocycles. The molecule has 0 bridgehead atoms. The third-order valence-corrected chi connectivity index (χ3v) is 3.32. The van der Waals surface area contributed by atoms with Crippen molar-refractivity contribution in [3.63, 3.8) is 0 Å². The first kappa shape index (κ1) is 14.8. The maximum absolute atomic E-state index is 6.08. The Kier molecular flexibility index (Phi) is 4.99. The van der Waals surface area contributed by atoms with E-state index in [0.29, 0.717) is 34.6 Å². The number of benzene rings is 2. The fourth-order valence-corrected chi connectivity index (χ4v) is 2.45. The van der Waals surface area contributed by atoms with Gasteiger partial charge in [0.1, 0.15) is 12.4 Å². The number of nitrogen functional groups attached to an aromatic ring is 1. The van der Waals surface area contributed by atoms with Gasteiger partial charge in [-0.25, -0.2) is 0 Å². The van der Waals surface area contributed by atoms with Crippen LogP contribution >= 0.6 is 23.2 Å². The lowest BCUT2D eigenvalue weighted by molar-refractivity contribution is 0.332. The fraction of sp³-hybridized carbons (Fsp3) is 0.200. The molecule has 0 atom stereocenters. The van der Waals surface area contributed by atoms with Gasteiger partial charge in [0.05, 0.1) is 15.7 Å². The van der Waals surface area contributed by atoms with Gasteiger partial charge >= 0.3 is 0 Å². The van der Waals surface area contributed by atoms with Crippen molar-refractivity contribution < 1.29 is 4.74 Å². The molecule has 0 spiro atoms. The molecule has 5 heteroatoms. The van der Waals surface area contributed by atoms with E-state index in [0.717, 1.165) is 5.75 Å². The Bertz CT molecular complexity index is 579. The minimum Gasteiger partial charge on any atom is -0.492 e. The predicted molar refractivity (Wildman–Crippen MR) is 86.0 cm³/mol. The zero-order valence-electron chi connectivity index (χ0n) is 11.1. The van der Waals surface area contributed by atoms with Gasteiger partial charge in [-0.05, 0) is 36.8 Å². The molecular weight excluding hydrogens is 295 g/mol. The Balaban J connectivity index is 1.88. The van der Waals surface area contributed by atoms with E-state index >= 15 is 0 Å². The molecule has 0 aliphatic carbocycles. The normalized spacial score (nSPS) is 10.3. The van der Waals surface area contributed by atoms with Crippen LogP contribution in [0.15, 0.2) is 36.4 Å². The monoisotopic (exact) mass is 310 g/mol. The van der Waals surface area contributed by atoms with Gasteiger partial charge in [-0.2, -0.15) is 0 Å². The van der Waals surface area contributed by atoms with E-state index < -0.39 is 0 Å². The molecule has 0 fully saturated rings. The van der Waals surface area contributed by atoms with Gasteiger partial charge in [0.15, 0.2) is 0 Å². The van der Waals surface area contributed by atoms with Crippen molar-refractivity contribution in [1.82, 2.24) is 0 Å². The average molecular weight is 311 g/mol. The van der Waals surface area contributed by atoms with Crippen molar-refractivity contribution in [2.45, 2.75) is 6.92 Å². The summed E-state index contributed by atoms with van der Waals surface area (Å²) in [6.45, 7) is 3.14. The van der Waals surface area contributed by atoms with Crippen LogP contribution in [-0.2, 0) is 0 Å². The molecule has 3 nitrogen and oxygen atoms in total. The maximum Gasteiger partial charge on any atom is 0.119 e. The number of halogens is 2. The summed E-state index contributed by atoms with van der Waals surface area (Å²) in [6, 6.07) is 11.2. The van der Waals surface area contributed by atoms with Crippen LogP contribution in [0.25, 0.3) is 0 Å². The molecule has 0 unspecified atom stereocenters. The standard InChI is InChI=1S/C15H16Cl2N2O/c1-10-3-2-4-12(7-10)20-6-5-19-15-13(16)8-11(18)9-14(15)17/h2-4,7-9,19H,5-6,18H2,1H3. The molecule has 0 aliphatic heterocycles. The van der Waals surface area contributed by atoms with Crippen LogP contribution in [0.3, 0.4) is 0 Å². The lowest BCUT2D eigenvalue weighted by Crippen LogP contribution is -2.12. The lowest BCUT2D eigenvalue weighted by Gasteiger charge is -2.12. The first-order valence-electron chi connectivity index (χ1n) is 6.24. The molecule has 0 heterocycles. The average Bonchev–Trinajstić information content (AvgIpc) is 2.36. The quantitative estimate of drug-likeness (QED) is 0.636. The number of rotatable bonds is 5. The number of ether oxygens (including phenoxy) is 1. The summed E-state index contributed by atoms with van der Waals surface area (Å²) < 4.78 is 5.64. The second kappa shape index (κ2) is 6.73. The van der Waals surface area contributed by atoms with Crippen molar-refractivity contribution >= 4 is 34.6 Å². The summed E-state index contributed by atoms with van der Waals surface area (Å²) in [7, 11) is 0. The van der Waals surface area contributed by atoms with E-state index in [2.05, 4.69) is 5.32 Å². The number of aryl methyl sites for hydroxylation is 1. The number of anilines is 2. The van der Waals surface area contributed by atoms with Crippen molar-refractivity contribution in [3.05, 3.63) is 52.0 Å². The summed E-state index contributed by atoms with van der Waals surface area (Å²) in [5, 5.41) is 4.16. The summed E-state index contributed by atoms with van der Waals surface area (Å²) in [5.41, 5.74) is 8.04. The van der Waals surface area contributed by atoms with E-state index in [1.54, 1.807) is 12.1 Å². The van der Waals surface area contributed by atoms with Gasteiger partial charge in [0.25, 0.3) is 0 Å². The highest BCUT2D eigenvalue weighted by molar-refractivity contribution is 6.39. The molecule has 0 aromatic heterocycles. The SMILES string of the molecule is Cc1cccc(OCCNc2c(Cl)cc(N)cc2Cl)c1. The van der Waals surface area contributed by atoms with Crippen LogP contribution in [0.4, 0.5) is 11.4 Å². The highest BCUT2D eigenvalue weighted by atomic mass is 35.5. The second-order valence-corrected chi connectivity index (χ2v) is 5.27. The molecule has 20 heavy (non-hydrogen) atoms. The third-order valence-electron chi connectivity index (χ3n) is 2.73. The van der Waals surface area contributed by atoms with E-state index in [-0.39, 0.29) is 0 Å². The predicted octanol–water partition coefficient (Wildman–Crippen LogP) is 4.37. The molecular formula is C15H16Cl2N2O. The molecule has 3 N–H and O–H groups in total. The highest BCUT2D eigenvalue weighted by Crippen LogP contribution is 2.32. The van der Waals surface area contributed by atoms with E-state index in [1.807, 2.05) is 31.2 Å². The number of nitrogens with two attached hydrogens (primary N) is 1. The van der Waals surface area contributed by atoms with E-state index in [4.69, 9.17) is 33.7 Å². The van der Waals surface area contributed by atoms with Gasteiger partial charge < -0.3 is 15.8 Å². The Morgan fingerprint density at radius 3 is 2.50 bits per heavy atom. The van der Waals surface area contributed by atoms with Crippen LogP contribution in [0, 0.1) is 6.92 Å². The molecule has 106 valence electrons. The minimum atomic E-state index is 0.505. The Labute approximate surface area is 128 Å². The van der Waals surface area contributed by atoms with E-state index in [1.165, 1.54) is 5.56 Å². The Morgan fingerprint density at radius 2 is 1.85 bits per heavy atom. The van der Waals surface area contributed by atoms with Gasteiger partial charge in [0.2, 0.25) is 0 Å². The molecule has 0 aliphatic rings. The van der Waals surface area contributed by atoms with Crippen LogP contribution in [0.2, 0.25) is 10.0 Å². The summed E-state index contributed by atoms with van der Waals surface area (Å²) >= 11 is 12.2. The second-order valence-electron chi connectivity index (χ2n) is 4.45. The van der Waals surface area contributed by atoms with Gasteiger partial charge in [-0.15, -0.1) is 0 Å². The van der Waals surface area contributed by atoms with Crippen LogP contribution < -0.4 is 15.8 Å². The molecule has 0 radical (unpaired) electrons. The third kappa shape index (κ3) is 3.95. The molecule has 2 aromatic rings. The van der Waals surface area contributed by atoms with Gasteiger partial charge in [0, 0.05) is 12.2 Å². The Morgan fingerprint density at radius 1 is 1.15 bits per heavy atom. The van der Waals surface area contributed by atoms with Gasteiger partial charge in [-0.1, -0.05) is 35.3 Å². The zero-order chi connectivity index (χ0) is 14.5. The molecule has 2 aromatic carbocycles. The summed E-state index contributed by atoms with van der Waals surface area (Å²) in [6.07, 6.45) is 0. The number of hydrogen-bond donors (Lipinski definition) is 2. The topological polar surface area (TPSA) is 47.3 Å². The highest BCUT2D eigenvalue weighted by Gasteiger charge is 2.06. The number of hydrogen-bond acceptors (Lipinski definition) is 3. The van der Waals surface area contributed by atoms with Gasteiger partial charge in [-0.3, -0.25) is 0 Å². The lowest BCUT2D eigenvalue weighted by atomic mass is 10.2. The smallest absolute Gasteiger partial charge is 0.119 e. The van der Waals surface area contributed by atoms with Crippen LogP contribution in [-0.4, -0.2) is 13.2 Å². The molecule has 0 amide bonds. The van der Waals surface area contributed by atoms with Crippen LogP contribution in [0.5, 0.6) is 5.75 Å². The van der Waals surface area contributed by atoms with Crippen molar-refractivity contribution in [3.8, 4) is 5.75 Å². The summed E-state index contributed by atoms with van der Waals surface area (Å²) in [5.74, 6) is 0.848. The first-order chi connectivity index (χ1) is 9.56. The van der Waals surface area contributed by atoms with Crippen molar-refractivity contribution in [1.29, 1.82) is 0 Å². The number of nitrogens with one attached hydrogen (secondary N) is 1. The first-order valence-corrected chi connectivity index (χ1v) is 6.99. The molecule has 2 rings (SSSR count). The fourth-order valence-electron chi connectivity index (χ4n) is 1.81. The summed E-state index contributed by atoms with van der Waals surface area (Å²) in [4.78, 5) is 0. The zero-order valence-corrected chi connectivity index (χ0v) is 12.6. The maximum atomic E-state index is 6.08. The van der Waals surface area contributed by atoms with Crippen molar-refractivity contribution in [2.75, 3.05) is 24.2 Å². The minimum absolute atomic E-state index is 0.505. The molecule has 0 saturated heterocycles. The largest absolute Gasteiger partial charge is 0.492 e. The van der Waals surface area contributed by atoms with Crippen LogP contribution in [0.1, 0.15) is 5.56 Å². The Hall–Kier alpha value is -1.58.